The molecule has 0 aliphatic carbocycles. The Morgan fingerprint density at radius 2 is 1.74 bits per heavy atom. The fraction of sp³-hybridized carbons (Fsp3) is 0.0500. The third kappa shape index (κ3) is 4.48. The molecule has 3 rings (SSSR count). The second-order valence-corrected chi connectivity index (χ2v) is 6.16. The smallest absolute Gasteiger partial charge is 0.274 e. The van der Waals surface area contributed by atoms with E-state index in [9.17, 15) is 14.0 Å². The molecule has 5 nitrogen and oxygen atoms in total. The van der Waals surface area contributed by atoms with Crippen LogP contribution >= 0.6 is 11.6 Å². The summed E-state index contributed by atoms with van der Waals surface area (Å²) in [5, 5.41) is 5.91. The van der Waals surface area contributed by atoms with Gasteiger partial charge in [-0.3, -0.25) is 14.6 Å². The number of carbonyl (C=O) groups excluding carboxylic acids is 2. The topological polar surface area (TPSA) is 71.1 Å². The third-order valence-corrected chi connectivity index (χ3v) is 4.28. The molecule has 7 heteroatoms. The molecule has 0 radical (unpaired) electrons. The zero-order valence-corrected chi connectivity index (χ0v) is 15.0. The normalized spacial score (nSPS) is 10.3. The predicted molar refractivity (Wildman–Crippen MR) is 103 cm³/mol. The molecule has 136 valence electrons. The average Bonchev–Trinajstić information content (AvgIpc) is 2.67. The summed E-state index contributed by atoms with van der Waals surface area (Å²) in [7, 11) is 0. The molecule has 1 heterocycles. The van der Waals surface area contributed by atoms with Gasteiger partial charge in [0.15, 0.2) is 0 Å². The molecule has 27 heavy (non-hydrogen) atoms. The fourth-order valence-electron chi connectivity index (χ4n) is 2.36. The van der Waals surface area contributed by atoms with Crippen LogP contribution in [0.5, 0.6) is 0 Å². The number of aromatic nitrogens is 1. The molecule has 2 amide bonds. The van der Waals surface area contributed by atoms with Gasteiger partial charge in [0.2, 0.25) is 0 Å². The Balaban J connectivity index is 1.76. The largest absolute Gasteiger partial charge is 0.322 e. The highest BCUT2D eigenvalue weighted by atomic mass is 35.5. The van der Waals surface area contributed by atoms with Crippen molar-refractivity contribution in [2.45, 2.75) is 6.92 Å². The summed E-state index contributed by atoms with van der Waals surface area (Å²) in [6.45, 7) is 1.80. The van der Waals surface area contributed by atoms with Crippen LogP contribution in [0.15, 0.2) is 60.8 Å². The maximum atomic E-state index is 12.9. The first-order valence-corrected chi connectivity index (χ1v) is 8.41. The maximum Gasteiger partial charge on any atom is 0.274 e. The maximum absolute atomic E-state index is 12.9. The molecule has 2 N–H and O–H groups in total. The van der Waals surface area contributed by atoms with Crippen LogP contribution in [0.1, 0.15) is 26.4 Å². The van der Waals surface area contributed by atoms with E-state index in [0.29, 0.717) is 16.4 Å². The Morgan fingerprint density at radius 1 is 1.00 bits per heavy atom. The molecule has 0 spiro atoms. The quantitative estimate of drug-likeness (QED) is 0.686. The molecule has 1 aromatic heterocycles. The van der Waals surface area contributed by atoms with Crippen molar-refractivity contribution in [2.75, 3.05) is 10.6 Å². The van der Waals surface area contributed by atoms with Crippen LogP contribution in [0.2, 0.25) is 5.02 Å². The molecule has 2 aromatic carbocycles. The first-order chi connectivity index (χ1) is 12.9. The molecule has 0 unspecified atom stereocenters. The standard InChI is InChI=1S/C20H15ClFN3O2/c1-12-16(21)3-2-4-17(12)25-19(26)13-9-10-23-18(11-13)20(27)24-15-7-5-14(22)6-8-15/h2-11H,1H3,(H,24,27)(H,25,26). The number of hydrogen-bond acceptors (Lipinski definition) is 3. The minimum Gasteiger partial charge on any atom is -0.322 e. The molecular formula is C20H15ClFN3O2. The predicted octanol–water partition coefficient (Wildman–Crippen LogP) is 4.69. The second-order valence-electron chi connectivity index (χ2n) is 5.76. The number of nitrogens with one attached hydrogen (secondary N) is 2. The number of nitrogens with zero attached hydrogens (tertiary/aromatic N) is 1. The Labute approximate surface area is 160 Å². The van der Waals surface area contributed by atoms with Gasteiger partial charge in [-0.25, -0.2) is 4.39 Å². The van der Waals surface area contributed by atoms with Gasteiger partial charge in [0.05, 0.1) is 0 Å². The van der Waals surface area contributed by atoms with Crippen LogP contribution < -0.4 is 10.6 Å². The van der Waals surface area contributed by atoms with Gasteiger partial charge in [0, 0.05) is 28.2 Å². The summed E-state index contributed by atoms with van der Waals surface area (Å²) in [6, 6.07) is 13.4. The molecule has 0 aliphatic heterocycles. The first kappa shape index (κ1) is 18.5. The molecule has 0 bridgehead atoms. The Kier molecular flexibility index (Phi) is 5.47. The van der Waals surface area contributed by atoms with Crippen molar-refractivity contribution in [3.8, 4) is 0 Å². The summed E-state index contributed by atoms with van der Waals surface area (Å²) < 4.78 is 12.9. The monoisotopic (exact) mass is 383 g/mol. The molecule has 3 aromatic rings. The second kappa shape index (κ2) is 7.97. The molecule has 0 saturated carbocycles. The van der Waals surface area contributed by atoms with Gasteiger partial charge >= 0.3 is 0 Å². The highest BCUT2D eigenvalue weighted by molar-refractivity contribution is 6.31. The lowest BCUT2D eigenvalue weighted by atomic mass is 10.1. The Morgan fingerprint density at radius 3 is 2.48 bits per heavy atom. The number of anilines is 2. The summed E-state index contributed by atoms with van der Waals surface area (Å²) in [6.07, 6.45) is 1.37. The Bertz CT molecular complexity index is 1010. The van der Waals surface area contributed by atoms with E-state index in [-0.39, 0.29) is 11.3 Å². The zero-order chi connectivity index (χ0) is 19.4. The first-order valence-electron chi connectivity index (χ1n) is 8.03. The third-order valence-electron chi connectivity index (χ3n) is 3.87. The number of halogens is 2. The van der Waals surface area contributed by atoms with E-state index in [0.717, 1.165) is 5.56 Å². The van der Waals surface area contributed by atoms with Crippen LogP contribution in [0.3, 0.4) is 0 Å². The van der Waals surface area contributed by atoms with Crippen molar-refractivity contribution < 1.29 is 14.0 Å². The van der Waals surface area contributed by atoms with Crippen LogP contribution in [0, 0.1) is 12.7 Å². The summed E-state index contributed by atoms with van der Waals surface area (Å²) >= 11 is 6.06. The highest BCUT2D eigenvalue weighted by Gasteiger charge is 2.13. The van der Waals surface area contributed by atoms with E-state index in [1.54, 1.807) is 25.1 Å². The van der Waals surface area contributed by atoms with Crippen molar-refractivity contribution in [1.82, 2.24) is 4.98 Å². The summed E-state index contributed by atoms with van der Waals surface area (Å²) in [5.41, 5.74) is 2.09. The fourth-order valence-corrected chi connectivity index (χ4v) is 2.54. The minimum atomic E-state index is -0.504. The lowest BCUT2D eigenvalue weighted by Gasteiger charge is -2.10. The van der Waals surface area contributed by atoms with Crippen LogP contribution in [0.25, 0.3) is 0 Å². The van der Waals surface area contributed by atoms with Gasteiger partial charge in [0.25, 0.3) is 11.8 Å². The molecule has 0 aliphatic rings. The van der Waals surface area contributed by atoms with Gasteiger partial charge < -0.3 is 10.6 Å². The van der Waals surface area contributed by atoms with Gasteiger partial charge in [-0.2, -0.15) is 0 Å². The number of amides is 2. The van der Waals surface area contributed by atoms with E-state index < -0.39 is 17.6 Å². The van der Waals surface area contributed by atoms with E-state index in [2.05, 4.69) is 15.6 Å². The lowest BCUT2D eigenvalue weighted by Crippen LogP contribution is -2.17. The highest BCUT2D eigenvalue weighted by Crippen LogP contribution is 2.23. The van der Waals surface area contributed by atoms with Crippen LogP contribution in [-0.4, -0.2) is 16.8 Å². The number of benzene rings is 2. The number of pyridine rings is 1. The summed E-state index contributed by atoms with van der Waals surface area (Å²) in [4.78, 5) is 28.8. The SMILES string of the molecule is Cc1c(Cl)cccc1NC(=O)c1ccnc(C(=O)Nc2ccc(F)cc2)c1. The molecule has 0 atom stereocenters. The molecule has 0 saturated heterocycles. The van der Waals surface area contributed by atoms with Gasteiger partial charge in [0.1, 0.15) is 11.5 Å². The lowest BCUT2D eigenvalue weighted by molar-refractivity contribution is 0.102. The van der Waals surface area contributed by atoms with Crippen LogP contribution in [0.4, 0.5) is 15.8 Å². The zero-order valence-electron chi connectivity index (χ0n) is 14.3. The summed E-state index contributed by atoms with van der Waals surface area (Å²) in [5.74, 6) is -1.30. The average molecular weight is 384 g/mol. The van der Waals surface area contributed by atoms with Crippen molar-refractivity contribution >= 4 is 34.8 Å². The molecule has 0 fully saturated rings. The van der Waals surface area contributed by atoms with Gasteiger partial charge in [-0.1, -0.05) is 17.7 Å². The van der Waals surface area contributed by atoms with Crippen molar-refractivity contribution in [2.24, 2.45) is 0 Å². The minimum absolute atomic E-state index is 0.0646. The number of hydrogen-bond donors (Lipinski definition) is 2. The Hall–Kier alpha value is -3.25. The van der Waals surface area contributed by atoms with Crippen molar-refractivity contribution in [3.63, 3.8) is 0 Å². The van der Waals surface area contributed by atoms with E-state index in [4.69, 9.17) is 11.6 Å². The van der Waals surface area contributed by atoms with E-state index in [1.807, 2.05) is 0 Å². The number of rotatable bonds is 4. The van der Waals surface area contributed by atoms with Gasteiger partial charge in [-0.05, 0) is 61.0 Å². The number of carbonyl (C=O) groups is 2. The molecular weight excluding hydrogens is 369 g/mol. The van der Waals surface area contributed by atoms with Gasteiger partial charge in [-0.15, -0.1) is 0 Å². The van der Waals surface area contributed by atoms with Crippen LogP contribution in [-0.2, 0) is 0 Å². The van der Waals surface area contributed by atoms with E-state index in [1.165, 1.54) is 42.6 Å². The van der Waals surface area contributed by atoms with Crippen molar-refractivity contribution in [3.05, 3.63) is 88.5 Å². The van der Waals surface area contributed by atoms with Crippen molar-refractivity contribution in [1.29, 1.82) is 0 Å². The van der Waals surface area contributed by atoms with E-state index >= 15 is 0 Å².